The van der Waals surface area contributed by atoms with Gasteiger partial charge in [-0.25, -0.2) is 4.79 Å². The van der Waals surface area contributed by atoms with E-state index in [1.807, 2.05) is 38.1 Å². The minimum atomic E-state index is -0.500. The van der Waals surface area contributed by atoms with E-state index in [0.717, 1.165) is 16.7 Å². The quantitative estimate of drug-likeness (QED) is 0.854. The molecule has 0 saturated carbocycles. The zero-order chi connectivity index (χ0) is 16.8. The predicted molar refractivity (Wildman–Crippen MR) is 89.5 cm³/mol. The van der Waals surface area contributed by atoms with Crippen LogP contribution in [0.3, 0.4) is 0 Å². The highest BCUT2D eigenvalue weighted by Gasteiger charge is 2.12. The number of hydrogen-bond donors (Lipinski definition) is 1. The molecule has 0 aromatic heterocycles. The van der Waals surface area contributed by atoms with E-state index in [9.17, 15) is 9.59 Å². The minimum absolute atomic E-state index is 0.313. The van der Waals surface area contributed by atoms with E-state index in [4.69, 9.17) is 16.3 Å². The van der Waals surface area contributed by atoms with Crippen LogP contribution in [0.25, 0.3) is 0 Å². The summed E-state index contributed by atoms with van der Waals surface area (Å²) in [6.45, 7) is 3.81. The van der Waals surface area contributed by atoms with Gasteiger partial charge < -0.3 is 10.1 Å². The molecule has 0 heterocycles. The fourth-order valence-corrected chi connectivity index (χ4v) is 2.36. The van der Waals surface area contributed by atoms with E-state index < -0.39 is 5.97 Å². The zero-order valence-corrected chi connectivity index (χ0v) is 13.8. The Hall–Kier alpha value is -2.33. The van der Waals surface area contributed by atoms with E-state index in [1.165, 1.54) is 0 Å². The molecule has 120 valence electrons. The van der Waals surface area contributed by atoms with Gasteiger partial charge in [-0.15, -0.1) is 0 Å². The van der Waals surface area contributed by atoms with Gasteiger partial charge >= 0.3 is 5.97 Å². The molecule has 0 atom stereocenters. The van der Waals surface area contributed by atoms with Gasteiger partial charge in [0.05, 0.1) is 5.56 Å². The second-order valence-corrected chi connectivity index (χ2v) is 5.74. The minimum Gasteiger partial charge on any atom is -0.452 e. The average Bonchev–Trinajstić information content (AvgIpc) is 2.50. The molecular weight excluding hydrogens is 314 g/mol. The number of carbonyl (C=O) groups is 2. The molecule has 0 unspecified atom stereocenters. The molecule has 5 heteroatoms. The highest BCUT2D eigenvalue weighted by Crippen LogP contribution is 2.12. The van der Waals surface area contributed by atoms with Crippen LogP contribution in [0.15, 0.2) is 42.5 Å². The lowest BCUT2D eigenvalue weighted by molar-refractivity contribution is -0.124. The Bertz CT molecular complexity index is 728. The molecule has 23 heavy (non-hydrogen) atoms. The summed E-state index contributed by atoms with van der Waals surface area (Å²) in [6.07, 6.45) is 0. The van der Waals surface area contributed by atoms with Crippen LogP contribution in [0.2, 0.25) is 5.02 Å². The SMILES string of the molecule is Cc1ccc(C(=O)OCC(=O)NCc2cccc(Cl)c2)c(C)c1. The molecule has 4 nitrogen and oxygen atoms in total. The second-order valence-electron chi connectivity index (χ2n) is 5.30. The Morgan fingerprint density at radius 3 is 2.61 bits per heavy atom. The molecule has 0 aliphatic heterocycles. The van der Waals surface area contributed by atoms with Crippen molar-refractivity contribution in [1.29, 1.82) is 0 Å². The van der Waals surface area contributed by atoms with E-state index in [-0.39, 0.29) is 12.5 Å². The molecule has 0 spiro atoms. The number of amides is 1. The Balaban J connectivity index is 1.83. The maximum absolute atomic E-state index is 12.0. The molecule has 0 radical (unpaired) electrons. The normalized spacial score (nSPS) is 10.2. The first-order chi connectivity index (χ1) is 11.0. The Labute approximate surface area is 140 Å². The van der Waals surface area contributed by atoms with Crippen LogP contribution in [0.1, 0.15) is 27.0 Å². The Kier molecular flexibility index (Phi) is 5.77. The number of nitrogens with one attached hydrogen (secondary N) is 1. The lowest BCUT2D eigenvalue weighted by Gasteiger charge is -2.09. The number of rotatable bonds is 5. The number of hydrogen-bond acceptors (Lipinski definition) is 3. The Morgan fingerprint density at radius 2 is 1.91 bits per heavy atom. The molecule has 0 fully saturated rings. The fraction of sp³-hybridized carbons (Fsp3) is 0.222. The molecule has 0 aliphatic rings. The van der Waals surface area contributed by atoms with Gasteiger partial charge in [-0.2, -0.15) is 0 Å². The van der Waals surface area contributed by atoms with E-state index in [0.29, 0.717) is 17.1 Å². The van der Waals surface area contributed by atoms with Crippen molar-refractivity contribution < 1.29 is 14.3 Å². The molecule has 1 amide bonds. The number of carbonyl (C=O) groups excluding carboxylic acids is 2. The first-order valence-corrected chi connectivity index (χ1v) is 7.59. The van der Waals surface area contributed by atoms with Crippen LogP contribution in [0.4, 0.5) is 0 Å². The van der Waals surface area contributed by atoms with Crippen molar-refractivity contribution in [2.45, 2.75) is 20.4 Å². The molecule has 1 N–H and O–H groups in total. The van der Waals surface area contributed by atoms with Gasteiger partial charge in [-0.3, -0.25) is 4.79 Å². The number of ether oxygens (including phenoxy) is 1. The number of esters is 1. The molecule has 2 aromatic carbocycles. The van der Waals surface area contributed by atoms with Crippen LogP contribution >= 0.6 is 11.6 Å². The largest absolute Gasteiger partial charge is 0.452 e. The smallest absolute Gasteiger partial charge is 0.338 e. The first kappa shape index (κ1) is 17.0. The number of benzene rings is 2. The Morgan fingerprint density at radius 1 is 1.13 bits per heavy atom. The summed E-state index contributed by atoms with van der Waals surface area (Å²) in [4.78, 5) is 23.7. The molecule has 2 aromatic rings. The van der Waals surface area contributed by atoms with Gasteiger partial charge in [0.15, 0.2) is 6.61 Å². The van der Waals surface area contributed by atoms with Crippen molar-refractivity contribution in [3.8, 4) is 0 Å². The van der Waals surface area contributed by atoms with E-state index >= 15 is 0 Å². The van der Waals surface area contributed by atoms with Crippen LogP contribution < -0.4 is 5.32 Å². The topological polar surface area (TPSA) is 55.4 Å². The van der Waals surface area contributed by atoms with Gasteiger partial charge in [0, 0.05) is 11.6 Å². The monoisotopic (exact) mass is 331 g/mol. The van der Waals surface area contributed by atoms with E-state index in [2.05, 4.69) is 5.32 Å². The third kappa shape index (κ3) is 5.11. The van der Waals surface area contributed by atoms with Crippen molar-refractivity contribution in [3.05, 3.63) is 69.7 Å². The van der Waals surface area contributed by atoms with Crippen molar-refractivity contribution in [3.63, 3.8) is 0 Å². The highest BCUT2D eigenvalue weighted by atomic mass is 35.5. The predicted octanol–water partition coefficient (Wildman–Crippen LogP) is 3.43. The van der Waals surface area contributed by atoms with Gasteiger partial charge in [0.1, 0.15) is 0 Å². The molecule has 0 saturated heterocycles. The third-order valence-corrected chi connectivity index (χ3v) is 3.55. The van der Waals surface area contributed by atoms with Gasteiger partial charge in [0.25, 0.3) is 5.91 Å². The van der Waals surface area contributed by atoms with Crippen molar-refractivity contribution in [1.82, 2.24) is 5.32 Å². The van der Waals surface area contributed by atoms with Crippen molar-refractivity contribution >= 4 is 23.5 Å². The van der Waals surface area contributed by atoms with Crippen molar-refractivity contribution in [2.75, 3.05) is 6.61 Å². The maximum Gasteiger partial charge on any atom is 0.338 e. The zero-order valence-electron chi connectivity index (χ0n) is 13.1. The standard InChI is InChI=1S/C18H18ClNO3/c1-12-6-7-16(13(2)8-12)18(22)23-11-17(21)20-10-14-4-3-5-15(19)9-14/h3-9H,10-11H2,1-2H3,(H,20,21). The summed E-state index contributed by atoms with van der Waals surface area (Å²) in [5, 5.41) is 3.29. The molecule has 0 aliphatic carbocycles. The van der Waals surface area contributed by atoms with E-state index in [1.54, 1.807) is 18.2 Å². The van der Waals surface area contributed by atoms with Crippen molar-refractivity contribution in [2.24, 2.45) is 0 Å². The first-order valence-electron chi connectivity index (χ1n) is 7.21. The van der Waals surface area contributed by atoms with Gasteiger partial charge in [0.2, 0.25) is 0 Å². The highest BCUT2D eigenvalue weighted by molar-refractivity contribution is 6.30. The number of aryl methyl sites for hydroxylation is 2. The fourth-order valence-electron chi connectivity index (χ4n) is 2.15. The van der Waals surface area contributed by atoms with Gasteiger partial charge in [-0.05, 0) is 43.2 Å². The maximum atomic E-state index is 12.0. The summed E-state index contributed by atoms with van der Waals surface area (Å²) in [6, 6.07) is 12.6. The average molecular weight is 332 g/mol. The van der Waals surface area contributed by atoms with Crippen LogP contribution in [-0.2, 0) is 16.1 Å². The molecule has 2 rings (SSSR count). The summed E-state index contributed by atoms with van der Waals surface area (Å²) >= 11 is 5.87. The van der Waals surface area contributed by atoms with Crippen LogP contribution in [0, 0.1) is 13.8 Å². The number of halogens is 1. The third-order valence-electron chi connectivity index (χ3n) is 3.31. The summed E-state index contributed by atoms with van der Waals surface area (Å²) < 4.78 is 5.05. The summed E-state index contributed by atoms with van der Waals surface area (Å²) in [7, 11) is 0. The molecule has 0 bridgehead atoms. The molecular formula is C18H18ClNO3. The second kappa shape index (κ2) is 7.79. The summed E-state index contributed by atoms with van der Waals surface area (Å²) in [5.74, 6) is -0.858. The lowest BCUT2D eigenvalue weighted by atomic mass is 10.1. The lowest BCUT2D eigenvalue weighted by Crippen LogP contribution is -2.28. The summed E-state index contributed by atoms with van der Waals surface area (Å²) in [5.41, 5.74) is 3.25. The van der Waals surface area contributed by atoms with Crippen LogP contribution in [-0.4, -0.2) is 18.5 Å². The van der Waals surface area contributed by atoms with Crippen LogP contribution in [0.5, 0.6) is 0 Å². The van der Waals surface area contributed by atoms with Gasteiger partial charge in [-0.1, -0.05) is 41.4 Å².